The SMILES string of the molecule is CNCCCc1nc(C2CCC(F)(F)C2)no1. The van der Waals surface area contributed by atoms with Crippen LogP contribution in [-0.4, -0.2) is 29.7 Å². The molecule has 1 aromatic rings. The molecule has 1 atom stereocenters. The molecule has 1 aliphatic carbocycles. The molecule has 1 heterocycles. The van der Waals surface area contributed by atoms with Gasteiger partial charge in [0.15, 0.2) is 5.82 Å². The zero-order valence-electron chi connectivity index (χ0n) is 9.88. The van der Waals surface area contributed by atoms with Crippen LogP contribution < -0.4 is 5.32 Å². The van der Waals surface area contributed by atoms with E-state index in [1.165, 1.54) is 0 Å². The van der Waals surface area contributed by atoms with Gasteiger partial charge in [-0.3, -0.25) is 0 Å². The lowest BCUT2D eigenvalue weighted by Crippen LogP contribution is -2.09. The normalized spacial score (nSPS) is 23.1. The Kier molecular flexibility index (Phi) is 3.71. The Morgan fingerprint density at radius 1 is 1.53 bits per heavy atom. The van der Waals surface area contributed by atoms with Gasteiger partial charge < -0.3 is 9.84 Å². The Hall–Kier alpha value is -1.04. The smallest absolute Gasteiger partial charge is 0.248 e. The summed E-state index contributed by atoms with van der Waals surface area (Å²) in [7, 11) is 1.87. The van der Waals surface area contributed by atoms with Gasteiger partial charge in [-0.2, -0.15) is 4.98 Å². The van der Waals surface area contributed by atoms with E-state index in [-0.39, 0.29) is 18.8 Å². The number of rotatable bonds is 5. The van der Waals surface area contributed by atoms with Gasteiger partial charge in [-0.1, -0.05) is 5.16 Å². The number of aromatic nitrogens is 2. The molecule has 17 heavy (non-hydrogen) atoms. The highest BCUT2D eigenvalue weighted by molar-refractivity contribution is 5.01. The summed E-state index contributed by atoms with van der Waals surface area (Å²) >= 11 is 0. The maximum absolute atomic E-state index is 13.0. The van der Waals surface area contributed by atoms with Crippen molar-refractivity contribution in [3.8, 4) is 0 Å². The first kappa shape index (κ1) is 12.4. The van der Waals surface area contributed by atoms with E-state index in [9.17, 15) is 8.78 Å². The van der Waals surface area contributed by atoms with Gasteiger partial charge in [0.05, 0.1) is 0 Å². The number of hydrogen-bond acceptors (Lipinski definition) is 4. The van der Waals surface area contributed by atoms with Crippen molar-refractivity contribution < 1.29 is 13.3 Å². The fourth-order valence-corrected chi connectivity index (χ4v) is 2.12. The van der Waals surface area contributed by atoms with Gasteiger partial charge in [0.2, 0.25) is 11.8 Å². The van der Waals surface area contributed by atoms with Crippen LogP contribution in [0.4, 0.5) is 8.78 Å². The van der Waals surface area contributed by atoms with Gasteiger partial charge in [-0.25, -0.2) is 8.78 Å². The van der Waals surface area contributed by atoms with E-state index in [1.807, 2.05) is 7.05 Å². The molecule has 1 aromatic heterocycles. The zero-order valence-corrected chi connectivity index (χ0v) is 9.88. The van der Waals surface area contributed by atoms with Gasteiger partial charge in [-0.05, 0) is 26.4 Å². The number of hydrogen-bond donors (Lipinski definition) is 1. The van der Waals surface area contributed by atoms with Crippen molar-refractivity contribution in [1.29, 1.82) is 0 Å². The molecule has 1 N–H and O–H groups in total. The van der Waals surface area contributed by atoms with E-state index in [1.54, 1.807) is 0 Å². The van der Waals surface area contributed by atoms with Crippen molar-refractivity contribution in [2.45, 2.75) is 43.9 Å². The van der Waals surface area contributed by atoms with Crippen molar-refractivity contribution in [3.05, 3.63) is 11.7 Å². The summed E-state index contributed by atoms with van der Waals surface area (Å²) in [4.78, 5) is 4.19. The average Bonchev–Trinajstić information content (AvgIpc) is 2.85. The topological polar surface area (TPSA) is 51.0 Å². The van der Waals surface area contributed by atoms with Crippen molar-refractivity contribution in [3.63, 3.8) is 0 Å². The van der Waals surface area contributed by atoms with Crippen molar-refractivity contribution in [1.82, 2.24) is 15.5 Å². The van der Waals surface area contributed by atoms with Crippen molar-refractivity contribution in [2.75, 3.05) is 13.6 Å². The Labute approximate surface area is 98.8 Å². The number of halogens is 2. The third-order valence-corrected chi connectivity index (χ3v) is 3.07. The number of nitrogens with zero attached hydrogens (tertiary/aromatic N) is 2. The van der Waals surface area contributed by atoms with Gasteiger partial charge in [0, 0.05) is 25.2 Å². The standard InChI is InChI=1S/C11H17F2N3O/c1-14-6-2-3-9-15-10(16-17-9)8-4-5-11(12,13)7-8/h8,14H,2-7H2,1H3. The van der Waals surface area contributed by atoms with Gasteiger partial charge in [-0.15, -0.1) is 0 Å². The molecule has 1 saturated carbocycles. The zero-order chi connectivity index (χ0) is 12.3. The van der Waals surface area contributed by atoms with Crippen LogP contribution in [0.5, 0.6) is 0 Å². The molecule has 4 nitrogen and oxygen atoms in total. The molecule has 96 valence electrons. The molecule has 1 aliphatic rings. The first-order chi connectivity index (χ1) is 8.11. The van der Waals surface area contributed by atoms with E-state index in [0.29, 0.717) is 24.6 Å². The van der Waals surface area contributed by atoms with Crippen molar-refractivity contribution >= 4 is 0 Å². The van der Waals surface area contributed by atoms with Crippen LogP contribution in [0, 0.1) is 0 Å². The Bertz CT molecular complexity index is 367. The summed E-state index contributed by atoms with van der Waals surface area (Å²) in [5.74, 6) is -1.81. The van der Waals surface area contributed by atoms with Crippen LogP contribution >= 0.6 is 0 Å². The molecule has 0 saturated heterocycles. The molecule has 0 spiro atoms. The Balaban J connectivity index is 1.90. The van der Waals surface area contributed by atoms with E-state index < -0.39 is 5.92 Å². The summed E-state index contributed by atoms with van der Waals surface area (Å²) in [6.07, 6.45) is 1.82. The van der Waals surface area contributed by atoms with Crippen LogP contribution in [0.3, 0.4) is 0 Å². The summed E-state index contributed by atoms with van der Waals surface area (Å²) in [5.41, 5.74) is 0. The minimum Gasteiger partial charge on any atom is -0.339 e. The summed E-state index contributed by atoms with van der Waals surface area (Å²) in [5, 5.41) is 6.82. The first-order valence-corrected chi connectivity index (χ1v) is 5.95. The maximum atomic E-state index is 13.0. The molecule has 0 aliphatic heterocycles. The second-order valence-electron chi connectivity index (χ2n) is 4.55. The number of alkyl halides is 2. The molecule has 1 unspecified atom stereocenters. The van der Waals surface area contributed by atoms with Crippen LogP contribution in [-0.2, 0) is 6.42 Å². The minimum atomic E-state index is -2.56. The molecular weight excluding hydrogens is 228 g/mol. The third kappa shape index (κ3) is 3.21. The molecule has 1 fully saturated rings. The molecular formula is C11H17F2N3O. The van der Waals surface area contributed by atoms with E-state index in [4.69, 9.17) is 4.52 Å². The number of aryl methyl sites for hydroxylation is 1. The predicted octanol–water partition coefficient (Wildman–Crippen LogP) is 2.12. The lowest BCUT2D eigenvalue weighted by Gasteiger charge is -2.06. The lowest BCUT2D eigenvalue weighted by atomic mass is 10.1. The Morgan fingerprint density at radius 2 is 2.35 bits per heavy atom. The highest BCUT2D eigenvalue weighted by Gasteiger charge is 2.41. The molecule has 6 heteroatoms. The highest BCUT2D eigenvalue weighted by atomic mass is 19.3. The molecule has 0 radical (unpaired) electrons. The largest absolute Gasteiger partial charge is 0.339 e. The van der Waals surface area contributed by atoms with Gasteiger partial charge in [0.25, 0.3) is 0 Å². The van der Waals surface area contributed by atoms with Crippen molar-refractivity contribution in [2.24, 2.45) is 0 Å². The van der Waals surface area contributed by atoms with Crippen LogP contribution in [0.2, 0.25) is 0 Å². The molecule has 0 amide bonds. The van der Waals surface area contributed by atoms with E-state index in [0.717, 1.165) is 13.0 Å². The van der Waals surface area contributed by atoms with Crippen LogP contribution in [0.25, 0.3) is 0 Å². The fraction of sp³-hybridized carbons (Fsp3) is 0.818. The summed E-state index contributed by atoms with van der Waals surface area (Å²) in [6, 6.07) is 0. The summed E-state index contributed by atoms with van der Waals surface area (Å²) < 4.78 is 31.1. The van der Waals surface area contributed by atoms with Crippen LogP contribution in [0.15, 0.2) is 4.52 Å². The third-order valence-electron chi connectivity index (χ3n) is 3.07. The van der Waals surface area contributed by atoms with Gasteiger partial charge >= 0.3 is 0 Å². The lowest BCUT2D eigenvalue weighted by molar-refractivity contribution is 0.00750. The fourth-order valence-electron chi connectivity index (χ4n) is 2.12. The summed E-state index contributed by atoms with van der Waals surface area (Å²) in [6.45, 7) is 0.874. The number of nitrogens with one attached hydrogen (secondary N) is 1. The average molecular weight is 245 g/mol. The van der Waals surface area contributed by atoms with E-state index in [2.05, 4.69) is 15.5 Å². The predicted molar refractivity (Wildman–Crippen MR) is 58.1 cm³/mol. The van der Waals surface area contributed by atoms with E-state index >= 15 is 0 Å². The second-order valence-corrected chi connectivity index (χ2v) is 4.55. The molecule has 0 aromatic carbocycles. The van der Waals surface area contributed by atoms with Gasteiger partial charge in [0.1, 0.15) is 0 Å². The highest BCUT2D eigenvalue weighted by Crippen LogP contribution is 2.43. The molecule has 0 bridgehead atoms. The quantitative estimate of drug-likeness (QED) is 0.807. The first-order valence-electron chi connectivity index (χ1n) is 5.95. The Morgan fingerprint density at radius 3 is 3.00 bits per heavy atom. The monoisotopic (exact) mass is 245 g/mol. The maximum Gasteiger partial charge on any atom is 0.248 e. The minimum absolute atomic E-state index is 0.0682. The molecule has 2 rings (SSSR count). The second kappa shape index (κ2) is 5.08. The van der Waals surface area contributed by atoms with Crippen LogP contribution in [0.1, 0.15) is 43.3 Å².